The lowest BCUT2D eigenvalue weighted by Crippen LogP contribution is -2.37. The van der Waals surface area contributed by atoms with Gasteiger partial charge in [0.2, 0.25) is 5.43 Å². The standard InChI is InChI=1S/C23H26FNO7/c1-23(2)21-15(11-32-23)12-8-17(31-7-5-6-29-3)16(30-4)9-13(12)19-18(24)20(26)14(22(27)28)10-25(19)21/h8-10,15,21H,5-7,11H2,1-4H3,(H,27,28)/t15-,21+/m1/s1. The van der Waals surface area contributed by atoms with Crippen molar-refractivity contribution in [3.63, 3.8) is 0 Å². The Labute approximate surface area is 184 Å². The Morgan fingerprint density at radius 3 is 2.69 bits per heavy atom. The average Bonchev–Trinajstić information content (AvgIpc) is 3.08. The monoisotopic (exact) mass is 447 g/mol. The summed E-state index contributed by atoms with van der Waals surface area (Å²) >= 11 is 0. The van der Waals surface area contributed by atoms with E-state index in [1.54, 1.807) is 17.7 Å². The number of carbonyl (C=O) groups is 1. The summed E-state index contributed by atoms with van der Waals surface area (Å²) in [5.74, 6) is -1.88. The highest BCUT2D eigenvalue weighted by molar-refractivity contribution is 5.88. The first-order valence-corrected chi connectivity index (χ1v) is 10.4. The maximum absolute atomic E-state index is 15.4. The van der Waals surface area contributed by atoms with Crippen molar-refractivity contribution in [1.29, 1.82) is 0 Å². The summed E-state index contributed by atoms with van der Waals surface area (Å²) < 4.78 is 39.4. The third kappa shape index (κ3) is 3.45. The minimum atomic E-state index is -1.47. The zero-order valence-electron chi connectivity index (χ0n) is 18.4. The van der Waals surface area contributed by atoms with E-state index < -0.39 is 34.4 Å². The molecule has 1 N–H and O–H groups in total. The topological polar surface area (TPSA) is 96.2 Å². The van der Waals surface area contributed by atoms with Crippen molar-refractivity contribution in [3.05, 3.63) is 45.5 Å². The smallest absolute Gasteiger partial charge is 0.341 e. The Morgan fingerprint density at radius 1 is 1.28 bits per heavy atom. The molecule has 2 atom stereocenters. The van der Waals surface area contributed by atoms with Gasteiger partial charge < -0.3 is 28.6 Å². The van der Waals surface area contributed by atoms with Gasteiger partial charge in [0, 0.05) is 37.8 Å². The molecule has 32 heavy (non-hydrogen) atoms. The SMILES string of the molecule is COCCCOc1cc2c(cc1OC)-c1c(F)c(=O)c(C(=O)O)cn1[C@H]1[C@@H]2COC1(C)C. The highest BCUT2D eigenvalue weighted by Gasteiger charge is 2.50. The van der Waals surface area contributed by atoms with Crippen molar-refractivity contribution in [3.8, 4) is 22.8 Å². The van der Waals surface area contributed by atoms with E-state index in [0.29, 0.717) is 43.3 Å². The van der Waals surface area contributed by atoms with Crippen molar-refractivity contribution in [2.75, 3.05) is 34.0 Å². The van der Waals surface area contributed by atoms with Gasteiger partial charge in [0.15, 0.2) is 17.3 Å². The summed E-state index contributed by atoms with van der Waals surface area (Å²) in [6.07, 6.45) is 1.91. The lowest BCUT2D eigenvalue weighted by molar-refractivity contribution is 0.0143. The van der Waals surface area contributed by atoms with E-state index in [-0.39, 0.29) is 11.6 Å². The highest BCUT2D eigenvalue weighted by Crippen LogP contribution is 2.54. The van der Waals surface area contributed by atoms with Crippen molar-refractivity contribution in [1.82, 2.24) is 4.57 Å². The molecule has 0 spiro atoms. The molecular formula is C23H26FNO7. The van der Waals surface area contributed by atoms with Gasteiger partial charge in [-0.2, -0.15) is 0 Å². The van der Waals surface area contributed by atoms with Gasteiger partial charge >= 0.3 is 5.97 Å². The quantitative estimate of drug-likeness (QED) is 0.651. The lowest BCUT2D eigenvalue weighted by Gasteiger charge is -2.38. The number of hydrogen-bond donors (Lipinski definition) is 1. The molecule has 2 aliphatic heterocycles. The van der Waals surface area contributed by atoms with Gasteiger partial charge in [0.1, 0.15) is 5.56 Å². The normalized spacial score (nSPS) is 20.3. The molecule has 4 rings (SSSR count). The Morgan fingerprint density at radius 2 is 2.03 bits per heavy atom. The first-order valence-electron chi connectivity index (χ1n) is 10.4. The fourth-order valence-electron chi connectivity index (χ4n) is 4.73. The van der Waals surface area contributed by atoms with Gasteiger partial charge in [0.25, 0.3) is 0 Å². The van der Waals surface area contributed by atoms with Crippen LogP contribution in [-0.4, -0.2) is 55.3 Å². The third-order valence-electron chi connectivity index (χ3n) is 6.18. The molecule has 0 radical (unpaired) electrons. The molecule has 0 saturated carbocycles. The molecule has 9 heteroatoms. The van der Waals surface area contributed by atoms with Gasteiger partial charge in [0.05, 0.1) is 37.7 Å². The number of nitrogens with zero attached hydrogens (tertiary/aromatic N) is 1. The van der Waals surface area contributed by atoms with E-state index in [4.69, 9.17) is 18.9 Å². The molecule has 172 valence electrons. The van der Waals surface area contributed by atoms with Crippen LogP contribution in [0.15, 0.2) is 23.1 Å². The van der Waals surface area contributed by atoms with Crippen molar-refractivity contribution < 1.29 is 33.2 Å². The van der Waals surface area contributed by atoms with Crippen LogP contribution in [0, 0.1) is 5.82 Å². The summed E-state index contributed by atoms with van der Waals surface area (Å²) in [5, 5.41) is 9.44. The number of rotatable bonds is 7. The maximum Gasteiger partial charge on any atom is 0.341 e. The van der Waals surface area contributed by atoms with E-state index in [9.17, 15) is 14.7 Å². The zero-order chi connectivity index (χ0) is 23.2. The van der Waals surface area contributed by atoms with Crippen LogP contribution in [0.25, 0.3) is 11.3 Å². The van der Waals surface area contributed by atoms with Crippen LogP contribution in [-0.2, 0) is 9.47 Å². The van der Waals surface area contributed by atoms with Crippen molar-refractivity contribution >= 4 is 5.97 Å². The molecule has 0 aliphatic carbocycles. The predicted molar refractivity (Wildman–Crippen MR) is 113 cm³/mol. The number of pyridine rings is 1. The number of methoxy groups -OCH3 is 2. The first-order chi connectivity index (χ1) is 15.2. The minimum absolute atomic E-state index is 0.0269. The lowest BCUT2D eigenvalue weighted by atomic mass is 9.79. The van der Waals surface area contributed by atoms with Crippen LogP contribution in [0.1, 0.15) is 48.1 Å². The van der Waals surface area contributed by atoms with Gasteiger partial charge in [-0.15, -0.1) is 0 Å². The van der Waals surface area contributed by atoms with Crippen LogP contribution in [0.5, 0.6) is 11.5 Å². The maximum atomic E-state index is 15.4. The fraction of sp³-hybridized carbons (Fsp3) is 0.478. The number of carboxylic acids is 1. The molecule has 1 saturated heterocycles. The Hall–Kier alpha value is -2.91. The van der Waals surface area contributed by atoms with E-state index in [1.807, 2.05) is 19.9 Å². The molecule has 3 heterocycles. The number of aromatic nitrogens is 1. The number of hydrogen-bond acceptors (Lipinski definition) is 6. The number of ether oxygens (including phenoxy) is 4. The fourth-order valence-corrected chi connectivity index (χ4v) is 4.73. The summed E-state index contributed by atoms with van der Waals surface area (Å²) in [5.41, 5.74) is -1.22. The summed E-state index contributed by atoms with van der Waals surface area (Å²) in [6, 6.07) is 3.03. The van der Waals surface area contributed by atoms with Gasteiger partial charge in [-0.25, -0.2) is 9.18 Å². The van der Waals surface area contributed by atoms with Crippen LogP contribution in [0.4, 0.5) is 4.39 Å². The van der Waals surface area contributed by atoms with Crippen LogP contribution in [0.2, 0.25) is 0 Å². The van der Waals surface area contributed by atoms with E-state index in [2.05, 4.69) is 0 Å². The highest BCUT2D eigenvalue weighted by atomic mass is 19.1. The second-order valence-corrected chi connectivity index (χ2v) is 8.50. The summed E-state index contributed by atoms with van der Waals surface area (Å²) in [4.78, 5) is 24.1. The number of aromatic carboxylic acids is 1. The van der Waals surface area contributed by atoms with E-state index >= 15 is 4.39 Å². The summed E-state index contributed by atoms with van der Waals surface area (Å²) in [7, 11) is 3.10. The Balaban J connectivity index is 1.94. The second-order valence-electron chi connectivity index (χ2n) is 8.50. The van der Waals surface area contributed by atoms with Gasteiger partial charge in [-0.3, -0.25) is 4.79 Å². The Bertz CT molecular complexity index is 1120. The van der Waals surface area contributed by atoms with Crippen molar-refractivity contribution in [2.24, 2.45) is 0 Å². The largest absolute Gasteiger partial charge is 0.493 e. The average molecular weight is 447 g/mol. The molecular weight excluding hydrogens is 421 g/mol. The van der Waals surface area contributed by atoms with Gasteiger partial charge in [-0.05, 0) is 31.5 Å². The Kier molecular flexibility index (Phi) is 5.72. The molecule has 2 aromatic rings. The molecule has 1 aromatic carbocycles. The second kappa shape index (κ2) is 8.22. The van der Waals surface area contributed by atoms with Gasteiger partial charge in [-0.1, -0.05) is 0 Å². The first kappa shape index (κ1) is 22.3. The minimum Gasteiger partial charge on any atom is -0.493 e. The summed E-state index contributed by atoms with van der Waals surface area (Å²) in [6.45, 7) is 5.05. The van der Waals surface area contributed by atoms with Crippen LogP contribution < -0.4 is 14.9 Å². The number of benzene rings is 1. The van der Waals surface area contributed by atoms with Crippen LogP contribution >= 0.6 is 0 Å². The molecule has 0 amide bonds. The molecule has 1 aromatic heterocycles. The number of fused-ring (bicyclic) bond motifs is 6. The number of halogens is 1. The van der Waals surface area contributed by atoms with E-state index in [0.717, 1.165) is 5.56 Å². The molecule has 0 bridgehead atoms. The molecule has 8 nitrogen and oxygen atoms in total. The number of carboxylic acid groups (broad SMARTS) is 1. The predicted octanol–water partition coefficient (Wildman–Crippen LogP) is 3.22. The zero-order valence-corrected chi connectivity index (χ0v) is 18.4. The third-order valence-corrected chi connectivity index (χ3v) is 6.18. The molecule has 1 fully saturated rings. The molecule has 0 unspecified atom stereocenters. The van der Waals surface area contributed by atoms with E-state index in [1.165, 1.54) is 13.3 Å². The van der Waals surface area contributed by atoms with Crippen molar-refractivity contribution in [2.45, 2.75) is 37.8 Å². The van der Waals surface area contributed by atoms with Crippen LogP contribution in [0.3, 0.4) is 0 Å². The molecule has 2 aliphatic rings.